The zero-order valence-corrected chi connectivity index (χ0v) is 6.85. The number of carboxylic acids is 1. The van der Waals surface area contributed by atoms with Crippen LogP contribution in [0.3, 0.4) is 0 Å². The summed E-state index contributed by atoms with van der Waals surface area (Å²) in [5, 5.41) is 8.17. The number of alkyl halides is 1. The fourth-order valence-electron chi connectivity index (χ4n) is 0.195. The van der Waals surface area contributed by atoms with Crippen molar-refractivity contribution in [2.75, 3.05) is 6.38 Å². The lowest BCUT2D eigenvalue weighted by atomic mass is 10.2. The highest BCUT2D eigenvalue weighted by molar-refractivity contribution is 6.15. The van der Waals surface area contributed by atoms with Crippen LogP contribution in [0.15, 0.2) is 12.2 Å². The summed E-state index contributed by atoms with van der Waals surface area (Å²) in [5.74, 6) is -1.03. The van der Waals surface area contributed by atoms with Crippen molar-refractivity contribution in [2.24, 2.45) is 5.73 Å². The van der Waals surface area contributed by atoms with Gasteiger partial charge in [-0.05, 0) is 6.92 Å². The van der Waals surface area contributed by atoms with Gasteiger partial charge in [-0.2, -0.15) is 0 Å². The zero-order valence-electron chi connectivity index (χ0n) is 6.10. The van der Waals surface area contributed by atoms with E-state index in [1.165, 1.54) is 6.38 Å². The Balaban J connectivity index is 0. The van der Waals surface area contributed by atoms with Gasteiger partial charge in [-0.3, -0.25) is 0 Å². The second kappa shape index (κ2) is 6.58. The van der Waals surface area contributed by atoms with Gasteiger partial charge >= 0.3 is 5.97 Å². The summed E-state index contributed by atoms with van der Waals surface area (Å²) in [4.78, 5) is 9.96. The second-order valence-corrected chi connectivity index (χ2v) is 1.62. The van der Waals surface area contributed by atoms with Gasteiger partial charge in [0.2, 0.25) is 0 Å². The lowest BCUT2D eigenvalue weighted by Crippen LogP contribution is -2.22. The smallest absolute Gasteiger partial charge is 0.332 e. The van der Waals surface area contributed by atoms with E-state index in [1.807, 2.05) is 0 Å². The van der Waals surface area contributed by atoms with Crippen molar-refractivity contribution >= 4 is 17.6 Å². The molecule has 0 aliphatic rings. The first-order chi connectivity index (χ1) is 4.55. The molecule has 4 heteroatoms. The van der Waals surface area contributed by atoms with Gasteiger partial charge in [0.05, 0.1) is 0 Å². The Bertz CT molecular complexity index is 123. The average Bonchev–Trinajstić information content (AvgIpc) is 1.90. The highest BCUT2D eigenvalue weighted by Crippen LogP contribution is 1.92. The van der Waals surface area contributed by atoms with Crippen molar-refractivity contribution < 1.29 is 9.90 Å². The lowest BCUT2D eigenvalue weighted by Gasteiger charge is -2.00. The minimum absolute atomic E-state index is 0.0463. The van der Waals surface area contributed by atoms with Crippen LogP contribution in [0.25, 0.3) is 0 Å². The largest absolute Gasteiger partial charge is 0.478 e. The van der Waals surface area contributed by atoms with E-state index < -0.39 is 12.0 Å². The van der Waals surface area contributed by atoms with Gasteiger partial charge in [0.25, 0.3) is 0 Å². The van der Waals surface area contributed by atoms with Crippen molar-refractivity contribution in [1.29, 1.82) is 0 Å². The van der Waals surface area contributed by atoms with E-state index in [2.05, 4.69) is 18.2 Å². The Hall–Kier alpha value is -0.540. The molecule has 0 aromatic rings. The molecule has 1 atom stereocenters. The topological polar surface area (TPSA) is 63.3 Å². The predicted octanol–water partition coefficient (Wildman–Crippen LogP) is 0.829. The van der Waals surface area contributed by atoms with E-state index in [1.54, 1.807) is 6.92 Å². The maximum Gasteiger partial charge on any atom is 0.332 e. The molecule has 0 bridgehead atoms. The minimum Gasteiger partial charge on any atom is -0.478 e. The summed E-state index contributed by atoms with van der Waals surface area (Å²) in [7, 11) is 0. The van der Waals surface area contributed by atoms with Gasteiger partial charge in [-0.25, -0.2) is 4.79 Å². The Morgan fingerprint density at radius 3 is 2.00 bits per heavy atom. The van der Waals surface area contributed by atoms with E-state index in [9.17, 15) is 4.79 Å². The summed E-state index contributed by atoms with van der Waals surface area (Å²) < 4.78 is 0. The number of hydrogen-bond donors (Lipinski definition) is 2. The number of carbonyl (C=O) groups is 1. The number of aliphatic carboxylic acids is 1. The summed E-state index contributed by atoms with van der Waals surface area (Å²) in [6, 6.07) is -0.451. The van der Waals surface area contributed by atoms with Gasteiger partial charge in [0.1, 0.15) is 0 Å². The Kier molecular flexibility index (Phi) is 8.00. The molecule has 0 saturated heterocycles. The van der Waals surface area contributed by atoms with Crippen LogP contribution in [0.1, 0.15) is 6.92 Å². The standard InChI is InChI=1S/C5H9NO2.CH3Cl/c1-3(4(2)6)5(7)8;1-2/h4H,1,6H2,2H3,(H,7,8);1H3. The summed E-state index contributed by atoms with van der Waals surface area (Å²) in [5.41, 5.74) is 5.20. The van der Waals surface area contributed by atoms with Crippen molar-refractivity contribution in [2.45, 2.75) is 13.0 Å². The Morgan fingerprint density at radius 1 is 1.70 bits per heavy atom. The molecule has 10 heavy (non-hydrogen) atoms. The third kappa shape index (κ3) is 5.59. The molecule has 0 aromatic heterocycles. The molecule has 0 heterocycles. The third-order valence-electron chi connectivity index (χ3n) is 0.824. The van der Waals surface area contributed by atoms with Crippen LogP contribution in [0, 0.1) is 0 Å². The molecule has 0 radical (unpaired) electrons. The molecule has 0 saturated carbocycles. The molecule has 0 aliphatic carbocycles. The molecule has 60 valence electrons. The van der Waals surface area contributed by atoms with Crippen LogP contribution in [-0.2, 0) is 4.79 Å². The molecule has 3 nitrogen and oxygen atoms in total. The molecular formula is C6H12ClNO2. The van der Waals surface area contributed by atoms with E-state index >= 15 is 0 Å². The minimum atomic E-state index is -1.03. The van der Waals surface area contributed by atoms with Crippen molar-refractivity contribution in [1.82, 2.24) is 0 Å². The molecule has 0 spiro atoms. The average molecular weight is 166 g/mol. The maximum absolute atomic E-state index is 9.96. The van der Waals surface area contributed by atoms with Gasteiger partial charge in [-0.15, -0.1) is 11.6 Å². The summed E-state index contributed by atoms with van der Waals surface area (Å²) in [6.45, 7) is 4.81. The van der Waals surface area contributed by atoms with Crippen LogP contribution < -0.4 is 5.73 Å². The molecular weight excluding hydrogens is 154 g/mol. The third-order valence-corrected chi connectivity index (χ3v) is 0.824. The van der Waals surface area contributed by atoms with E-state index in [-0.39, 0.29) is 5.57 Å². The van der Waals surface area contributed by atoms with Crippen LogP contribution in [0.5, 0.6) is 0 Å². The quantitative estimate of drug-likeness (QED) is 0.471. The number of carboxylic acid groups (broad SMARTS) is 1. The van der Waals surface area contributed by atoms with E-state index in [0.717, 1.165) is 0 Å². The number of hydrogen-bond acceptors (Lipinski definition) is 2. The molecule has 0 aromatic carbocycles. The first-order valence-electron chi connectivity index (χ1n) is 2.61. The normalized spacial score (nSPS) is 10.8. The first kappa shape index (κ1) is 12.2. The van der Waals surface area contributed by atoms with Gasteiger partial charge in [0.15, 0.2) is 0 Å². The first-order valence-corrected chi connectivity index (χ1v) is 3.36. The van der Waals surface area contributed by atoms with E-state index in [0.29, 0.717) is 0 Å². The van der Waals surface area contributed by atoms with Crippen molar-refractivity contribution in [3.05, 3.63) is 12.2 Å². The molecule has 0 aliphatic heterocycles. The Labute approximate surface area is 65.5 Å². The zero-order chi connectivity index (χ0) is 8.73. The Morgan fingerprint density at radius 2 is 2.00 bits per heavy atom. The fraction of sp³-hybridized carbons (Fsp3) is 0.500. The monoisotopic (exact) mass is 165 g/mol. The molecule has 0 fully saturated rings. The molecule has 3 N–H and O–H groups in total. The van der Waals surface area contributed by atoms with Crippen LogP contribution in [-0.4, -0.2) is 23.5 Å². The van der Waals surface area contributed by atoms with Gasteiger partial charge in [0, 0.05) is 18.0 Å². The van der Waals surface area contributed by atoms with Crippen molar-refractivity contribution in [3.63, 3.8) is 0 Å². The van der Waals surface area contributed by atoms with Crippen molar-refractivity contribution in [3.8, 4) is 0 Å². The van der Waals surface area contributed by atoms with Gasteiger partial charge < -0.3 is 10.8 Å². The lowest BCUT2D eigenvalue weighted by molar-refractivity contribution is -0.132. The molecule has 1 unspecified atom stereocenters. The van der Waals surface area contributed by atoms with Crippen LogP contribution in [0.4, 0.5) is 0 Å². The number of halogens is 1. The highest BCUT2D eigenvalue weighted by atomic mass is 35.5. The maximum atomic E-state index is 9.96. The summed E-state index contributed by atoms with van der Waals surface area (Å²) >= 11 is 4.64. The van der Waals surface area contributed by atoms with Crippen LogP contribution >= 0.6 is 11.6 Å². The number of nitrogens with two attached hydrogens (primary N) is 1. The highest BCUT2D eigenvalue weighted by Gasteiger charge is 2.06. The predicted molar refractivity (Wildman–Crippen MR) is 42.2 cm³/mol. The number of rotatable bonds is 2. The summed E-state index contributed by atoms with van der Waals surface area (Å²) in [6.07, 6.45) is 1.47. The van der Waals surface area contributed by atoms with E-state index in [4.69, 9.17) is 10.8 Å². The SMILES string of the molecule is C=C(C(=O)O)C(C)N.CCl. The molecule has 0 rings (SSSR count). The van der Waals surface area contributed by atoms with Crippen LogP contribution in [0.2, 0.25) is 0 Å². The second-order valence-electron chi connectivity index (χ2n) is 1.62. The molecule has 0 amide bonds. The fourth-order valence-corrected chi connectivity index (χ4v) is 0.195. The van der Waals surface area contributed by atoms with Gasteiger partial charge in [-0.1, -0.05) is 6.58 Å².